The molecule has 32 heavy (non-hydrogen) atoms. The quantitative estimate of drug-likeness (QED) is 0.504. The van der Waals surface area contributed by atoms with Crippen LogP contribution in [-0.4, -0.2) is 34.9 Å². The largest absolute Gasteiger partial charge is 0.486 e. The van der Waals surface area contributed by atoms with Gasteiger partial charge in [-0.25, -0.2) is 0 Å². The molecule has 0 saturated heterocycles. The van der Waals surface area contributed by atoms with Gasteiger partial charge in [-0.15, -0.1) is 0 Å². The lowest BCUT2D eigenvalue weighted by Gasteiger charge is -2.26. The molecule has 0 fully saturated rings. The maximum atomic E-state index is 13.0. The maximum absolute atomic E-state index is 13.0. The summed E-state index contributed by atoms with van der Waals surface area (Å²) < 4.78 is 13.6. The average Bonchev–Trinajstić information content (AvgIpc) is 3.36. The van der Waals surface area contributed by atoms with Crippen molar-refractivity contribution in [3.05, 3.63) is 102 Å². The van der Waals surface area contributed by atoms with Crippen molar-refractivity contribution >= 4 is 5.91 Å². The van der Waals surface area contributed by atoms with E-state index in [0.717, 1.165) is 22.4 Å². The molecule has 5 rings (SSSR count). The van der Waals surface area contributed by atoms with Gasteiger partial charge >= 0.3 is 0 Å². The Balaban J connectivity index is 1.26. The van der Waals surface area contributed by atoms with Gasteiger partial charge in [0.15, 0.2) is 11.5 Å². The summed E-state index contributed by atoms with van der Waals surface area (Å²) in [7, 11) is 0. The van der Waals surface area contributed by atoms with Crippen LogP contribution in [0.4, 0.5) is 0 Å². The van der Waals surface area contributed by atoms with Crippen LogP contribution in [0.1, 0.15) is 15.9 Å². The molecule has 1 aliphatic rings. The molecule has 0 aliphatic carbocycles. The highest BCUT2D eigenvalue weighted by molar-refractivity contribution is 6.00. The predicted octanol–water partition coefficient (Wildman–Crippen LogP) is 4.17. The van der Waals surface area contributed by atoms with Crippen LogP contribution in [0.25, 0.3) is 11.1 Å². The van der Waals surface area contributed by atoms with Gasteiger partial charge in [-0.05, 0) is 41.0 Å². The molecule has 0 spiro atoms. The monoisotopic (exact) mass is 425 g/mol. The van der Waals surface area contributed by atoms with E-state index in [0.29, 0.717) is 31.0 Å². The lowest BCUT2D eigenvalue weighted by Crippen LogP contribution is -2.40. The van der Waals surface area contributed by atoms with E-state index in [1.54, 1.807) is 6.20 Å². The first kappa shape index (κ1) is 19.9. The molecule has 160 valence electrons. The lowest BCUT2D eigenvalue weighted by molar-refractivity contribution is 0.0789. The second kappa shape index (κ2) is 8.98. The summed E-state index contributed by atoms with van der Waals surface area (Å²) in [6.45, 7) is 1.48. The molecule has 2 heterocycles. The molecular weight excluding hydrogens is 402 g/mol. The number of carbonyl (C=O) groups excluding carboxylic acids is 1. The Kier molecular flexibility index (Phi) is 5.58. The Labute approximate surface area is 186 Å². The van der Waals surface area contributed by atoms with Crippen molar-refractivity contribution in [1.82, 2.24) is 15.1 Å². The normalized spacial score (nSPS) is 14.7. The number of nitrogens with zero attached hydrogens (tertiary/aromatic N) is 2. The van der Waals surface area contributed by atoms with Crippen LogP contribution in [-0.2, 0) is 6.54 Å². The van der Waals surface area contributed by atoms with Gasteiger partial charge in [-0.3, -0.25) is 9.48 Å². The molecule has 1 amide bonds. The standard InChI is InChI=1S/C26H23N3O3/c30-26(27-16-21-18-31-24-8-3-4-9-25(24)32-21)23-7-2-1-6-22(23)20-12-10-19(11-13-20)17-29-15-5-14-28-29/h1-15,21H,16-18H2,(H,27,30). The third kappa shape index (κ3) is 4.34. The minimum atomic E-state index is -0.234. The number of hydrogen-bond donors (Lipinski definition) is 1. The van der Waals surface area contributed by atoms with E-state index < -0.39 is 0 Å². The third-order valence-electron chi connectivity index (χ3n) is 5.40. The van der Waals surface area contributed by atoms with Crippen molar-refractivity contribution in [2.45, 2.75) is 12.6 Å². The first-order chi connectivity index (χ1) is 15.8. The van der Waals surface area contributed by atoms with E-state index in [-0.39, 0.29) is 12.0 Å². The second-order valence-electron chi connectivity index (χ2n) is 7.65. The van der Waals surface area contributed by atoms with Crippen LogP contribution in [0, 0.1) is 0 Å². The number of hydrogen-bond acceptors (Lipinski definition) is 4. The zero-order valence-electron chi connectivity index (χ0n) is 17.5. The van der Waals surface area contributed by atoms with Gasteiger partial charge in [-0.1, -0.05) is 54.6 Å². The Morgan fingerprint density at radius 3 is 2.56 bits per heavy atom. The third-order valence-corrected chi connectivity index (χ3v) is 5.40. The molecule has 0 radical (unpaired) electrons. The number of aromatic nitrogens is 2. The Morgan fingerprint density at radius 1 is 0.969 bits per heavy atom. The van der Waals surface area contributed by atoms with Crippen molar-refractivity contribution in [3.63, 3.8) is 0 Å². The summed E-state index contributed by atoms with van der Waals surface area (Å²) in [6.07, 6.45) is 3.47. The molecule has 0 saturated carbocycles. The first-order valence-corrected chi connectivity index (χ1v) is 10.6. The molecule has 1 unspecified atom stereocenters. The highest BCUT2D eigenvalue weighted by Gasteiger charge is 2.22. The number of benzene rings is 3. The van der Waals surface area contributed by atoms with E-state index in [1.165, 1.54) is 0 Å². The molecule has 4 aromatic rings. The summed E-state index contributed by atoms with van der Waals surface area (Å²) in [5, 5.41) is 7.24. The molecule has 6 nitrogen and oxygen atoms in total. The molecule has 1 aromatic heterocycles. The van der Waals surface area contributed by atoms with Crippen LogP contribution in [0.3, 0.4) is 0 Å². The second-order valence-corrected chi connectivity index (χ2v) is 7.65. The molecule has 1 N–H and O–H groups in total. The maximum Gasteiger partial charge on any atom is 0.252 e. The molecule has 1 atom stereocenters. The minimum absolute atomic E-state index is 0.135. The van der Waals surface area contributed by atoms with Gasteiger partial charge in [0.2, 0.25) is 0 Å². The van der Waals surface area contributed by atoms with Gasteiger partial charge < -0.3 is 14.8 Å². The number of nitrogens with one attached hydrogen (secondary N) is 1. The summed E-state index contributed by atoms with van der Waals surface area (Å²) in [5.41, 5.74) is 3.66. The number of para-hydroxylation sites is 2. The van der Waals surface area contributed by atoms with Gasteiger partial charge in [0, 0.05) is 18.0 Å². The molecule has 6 heteroatoms. The minimum Gasteiger partial charge on any atom is -0.486 e. The Morgan fingerprint density at radius 2 is 1.75 bits per heavy atom. The van der Waals surface area contributed by atoms with E-state index >= 15 is 0 Å². The van der Waals surface area contributed by atoms with Crippen LogP contribution in [0.2, 0.25) is 0 Å². The zero-order chi connectivity index (χ0) is 21.8. The van der Waals surface area contributed by atoms with Crippen molar-refractivity contribution in [3.8, 4) is 22.6 Å². The SMILES string of the molecule is O=C(NCC1COc2ccccc2O1)c1ccccc1-c1ccc(Cn2cccn2)cc1. The summed E-state index contributed by atoms with van der Waals surface area (Å²) in [4.78, 5) is 13.0. The Hall–Kier alpha value is -4.06. The van der Waals surface area contributed by atoms with Crippen LogP contribution >= 0.6 is 0 Å². The van der Waals surface area contributed by atoms with Crippen LogP contribution < -0.4 is 14.8 Å². The number of fused-ring (bicyclic) bond motifs is 1. The van der Waals surface area contributed by atoms with Crippen LogP contribution in [0.5, 0.6) is 11.5 Å². The number of rotatable bonds is 6. The number of amides is 1. The van der Waals surface area contributed by atoms with Gasteiger partial charge in [-0.2, -0.15) is 5.10 Å². The summed E-state index contributed by atoms with van der Waals surface area (Å²) in [5.74, 6) is 1.30. The van der Waals surface area contributed by atoms with Gasteiger partial charge in [0.05, 0.1) is 13.1 Å². The lowest BCUT2D eigenvalue weighted by atomic mass is 9.98. The first-order valence-electron chi connectivity index (χ1n) is 10.6. The van der Waals surface area contributed by atoms with Crippen molar-refractivity contribution in [2.75, 3.05) is 13.2 Å². The van der Waals surface area contributed by atoms with Crippen LogP contribution in [0.15, 0.2) is 91.3 Å². The van der Waals surface area contributed by atoms with E-state index in [4.69, 9.17) is 9.47 Å². The highest BCUT2D eigenvalue weighted by atomic mass is 16.6. The average molecular weight is 425 g/mol. The highest BCUT2D eigenvalue weighted by Crippen LogP contribution is 2.30. The fourth-order valence-electron chi connectivity index (χ4n) is 3.77. The van der Waals surface area contributed by atoms with Gasteiger partial charge in [0.25, 0.3) is 5.91 Å². The van der Waals surface area contributed by atoms with Crippen molar-refractivity contribution in [1.29, 1.82) is 0 Å². The number of ether oxygens (including phenoxy) is 2. The fourth-order valence-corrected chi connectivity index (χ4v) is 3.77. The smallest absolute Gasteiger partial charge is 0.252 e. The Bertz CT molecular complexity index is 1200. The van der Waals surface area contributed by atoms with Crippen molar-refractivity contribution < 1.29 is 14.3 Å². The van der Waals surface area contributed by atoms with E-state index in [1.807, 2.05) is 77.6 Å². The van der Waals surface area contributed by atoms with E-state index in [2.05, 4.69) is 22.5 Å². The number of carbonyl (C=O) groups is 1. The predicted molar refractivity (Wildman–Crippen MR) is 122 cm³/mol. The molecule has 3 aromatic carbocycles. The van der Waals surface area contributed by atoms with E-state index in [9.17, 15) is 4.79 Å². The fraction of sp³-hybridized carbons (Fsp3) is 0.154. The molecule has 1 aliphatic heterocycles. The summed E-state index contributed by atoms with van der Waals surface area (Å²) in [6, 6.07) is 25.3. The zero-order valence-corrected chi connectivity index (χ0v) is 17.5. The van der Waals surface area contributed by atoms with Crippen molar-refractivity contribution in [2.24, 2.45) is 0 Å². The molecular formula is C26H23N3O3. The molecule has 0 bridgehead atoms. The summed E-state index contributed by atoms with van der Waals surface area (Å²) >= 11 is 0. The van der Waals surface area contributed by atoms with Gasteiger partial charge in [0.1, 0.15) is 12.7 Å². The topological polar surface area (TPSA) is 65.4 Å².